The molecule has 466 valence electrons. The second-order valence-corrected chi connectivity index (χ2v) is 26.4. The average Bonchev–Trinajstić information content (AvgIpc) is 1.02. The fourth-order valence-electron chi connectivity index (χ4n) is 8.03. The fourth-order valence-corrected chi connectivity index (χ4v) is 10.6. The van der Waals surface area contributed by atoms with E-state index in [1.165, 1.54) is 43.5 Å². The summed E-state index contributed by atoms with van der Waals surface area (Å²) in [6, 6.07) is 36.2. The number of azo groups is 1. The van der Waals surface area contributed by atoms with Crippen LogP contribution in [0.4, 0.5) is 26.7 Å². The van der Waals surface area contributed by atoms with Gasteiger partial charge in [0.05, 0.1) is 23.9 Å². The summed E-state index contributed by atoms with van der Waals surface area (Å²) in [6.45, 7) is 28.9. The SMILES string of the molecule is C=C(C)C(=O)Nc1ccc(N=Nc2c(O[Si](CC)(CC)CC)ccc3ccccc23)cc1.C=CC(=O)Oc1ccc(-c2nc(-c3ccc(C)cc3OC(=O)OC(C)(C)C)nc(-c3ccc(C=O)cc3OC(=O)OC(C)(C)C)n2)c(C=O)c1.CCC(=O)OOC. The number of benzene rings is 6. The maximum absolute atomic E-state index is 12.8. The third-order valence-corrected chi connectivity index (χ3v) is 17.2. The third kappa shape index (κ3) is 20.8. The van der Waals surface area contributed by atoms with Crippen LogP contribution in [0.15, 0.2) is 150 Å². The van der Waals surface area contributed by atoms with Crippen molar-refractivity contribution in [1.29, 1.82) is 0 Å². The number of carbonyl (C=O) groups is 7. The van der Waals surface area contributed by atoms with Gasteiger partial charge in [-0.15, -0.1) is 5.11 Å². The highest BCUT2D eigenvalue weighted by atomic mass is 28.4. The highest BCUT2D eigenvalue weighted by molar-refractivity contribution is 6.74. The van der Waals surface area contributed by atoms with Crippen LogP contribution in [-0.4, -0.2) is 84.3 Å². The third-order valence-electron chi connectivity index (χ3n) is 12.7. The summed E-state index contributed by atoms with van der Waals surface area (Å²) < 4.78 is 33.7. The van der Waals surface area contributed by atoms with Crippen molar-refractivity contribution in [1.82, 2.24) is 15.0 Å². The highest BCUT2D eigenvalue weighted by Gasteiger charge is 2.32. The normalized spacial score (nSPS) is 11.1. The summed E-state index contributed by atoms with van der Waals surface area (Å²) in [7, 11) is -0.568. The molecule has 22 heteroatoms. The van der Waals surface area contributed by atoms with Gasteiger partial charge in [0.2, 0.25) is 0 Å². The molecule has 0 bridgehead atoms. The molecule has 7 rings (SSSR count). The van der Waals surface area contributed by atoms with Gasteiger partial charge in [-0.05, 0) is 157 Å². The van der Waals surface area contributed by atoms with Gasteiger partial charge in [0.15, 0.2) is 23.8 Å². The van der Waals surface area contributed by atoms with Crippen molar-refractivity contribution in [3.8, 4) is 57.2 Å². The number of aldehydes is 2. The zero-order chi connectivity index (χ0) is 65.6. The van der Waals surface area contributed by atoms with Crippen molar-refractivity contribution in [2.45, 2.75) is 119 Å². The zero-order valence-corrected chi connectivity index (χ0v) is 53.3. The summed E-state index contributed by atoms with van der Waals surface area (Å²) in [4.78, 5) is 105. The minimum atomic E-state index is -1.87. The van der Waals surface area contributed by atoms with Crippen LogP contribution in [0.1, 0.15) is 109 Å². The molecule has 6 aromatic carbocycles. The van der Waals surface area contributed by atoms with E-state index < -0.39 is 37.8 Å². The molecule has 0 saturated heterocycles. The van der Waals surface area contributed by atoms with Gasteiger partial charge in [-0.25, -0.2) is 34.1 Å². The van der Waals surface area contributed by atoms with Crippen LogP contribution in [0.25, 0.3) is 44.9 Å². The quantitative estimate of drug-likeness (QED) is 0.00855. The Balaban J connectivity index is 0.000000314. The molecule has 1 aromatic heterocycles. The second-order valence-electron chi connectivity index (χ2n) is 21.7. The Labute approximate surface area is 518 Å². The van der Waals surface area contributed by atoms with Crippen molar-refractivity contribution < 1.29 is 71.4 Å². The molecule has 0 fully saturated rings. The van der Waals surface area contributed by atoms with Gasteiger partial charge in [-0.3, -0.25) is 19.3 Å². The number of nitrogens with one attached hydrogen (secondary N) is 1. The number of nitrogens with zero attached hydrogens (tertiary/aromatic N) is 5. The Morgan fingerprint density at radius 2 is 1.20 bits per heavy atom. The summed E-state index contributed by atoms with van der Waals surface area (Å²) in [5.41, 5.74) is 2.46. The molecule has 0 aliphatic rings. The lowest BCUT2D eigenvalue weighted by Crippen LogP contribution is -2.39. The number of hydrogen-bond acceptors (Lipinski definition) is 20. The first-order valence-electron chi connectivity index (χ1n) is 28.4. The monoisotopic (exact) mass is 1230 g/mol. The molecule has 1 heterocycles. The molecule has 0 aliphatic heterocycles. The average molecular weight is 1230 g/mol. The molecular weight excluding hydrogens is 1160 g/mol. The predicted molar refractivity (Wildman–Crippen MR) is 340 cm³/mol. The molecule has 0 atom stereocenters. The van der Waals surface area contributed by atoms with Gasteiger partial charge in [0.25, 0.3) is 14.2 Å². The van der Waals surface area contributed by atoms with Gasteiger partial charge in [0, 0.05) is 45.8 Å². The lowest BCUT2D eigenvalue weighted by molar-refractivity contribution is -0.254. The summed E-state index contributed by atoms with van der Waals surface area (Å²) in [5.74, 6) is -0.541. The topological polar surface area (TPSA) is 269 Å². The van der Waals surface area contributed by atoms with Crippen LogP contribution in [0.3, 0.4) is 0 Å². The number of esters is 1. The van der Waals surface area contributed by atoms with Crippen LogP contribution in [0, 0.1) is 6.92 Å². The van der Waals surface area contributed by atoms with E-state index in [4.69, 9.17) is 28.1 Å². The summed E-state index contributed by atoms with van der Waals surface area (Å²) in [5, 5.41) is 14.0. The van der Waals surface area contributed by atoms with E-state index in [-0.39, 0.29) is 74.4 Å². The number of rotatable bonds is 20. The van der Waals surface area contributed by atoms with Crippen LogP contribution in [0.5, 0.6) is 23.0 Å². The molecule has 21 nitrogen and oxygen atoms in total. The van der Waals surface area contributed by atoms with Crippen molar-refractivity contribution in [3.05, 3.63) is 157 Å². The van der Waals surface area contributed by atoms with E-state index in [2.05, 4.69) is 92.4 Å². The predicted octanol–water partition coefficient (Wildman–Crippen LogP) is 16.2. The summed E-state index contributed by atoms with van der Waals surface area (Å²) >= 11 is 0. The van der Waals surface area contributed by atoms with Crippen molar-refractivity contribution >= 4 is 78.9 Å². The Kier molecular flexibility index (Phi) is 25.1. The summed E-state index contributed by atoms with van der Waals surface area (Å²) in [6.07, 6.45) is 0.417. The van der Waals surface area contributed by atoms with E-state index >= 15 is 0 Å². The maximum Gasteiger partial charge on any atom is 0.514 e. The molecule has 0 saturated carbocycles. The molecule has 0 spiro atoms. The lowest BCUT2D eigenvalue weighted by atomic mass is 10.1. The van der Waals surface area contributed by atoms with Crippen LogP contribution < -0.4 is 24.0 Å². The minimum Gasteiger partial charge on any atom is -0.542 e. The molecule has 89 heavy (non-hydrogen) atoms. The molecule has 7 aromatic rings. The van der Waals surface area contributed by atoms with Crippen LogP contribution in [0.2, 0.25) is 18.1 Å². The van der Waals surface area contributed by atoms with E-state index in [0.717, 1.165) is 52.0 Å². The smallest absolute Gasteiger partial charge is 0.514 e. The van der Waals surface area contributed by atoms with Gasteiger partial charge in [-0.2, -0.15) is 10.0 Å². The van der Waals surface area contributed by atoms with E-state index in [9.17, 15) is 33.6 Å². The van der Waals surface area contributed by atoms with Gasteiger partial charge >= 0.3 is 24.2 Å². The number of ether oxygens (including phenoxy) is 5. The molecule has 0 unspecified atom stereocenters. The minimum absolute atomic E-state index is 0.00903. The molecule has 0 aliphatic carbocycles. The number of fused-ring (bicyclic) bond motifs is 1. The van der Waals surface area contributed by atoms with E-state index in [0.29, 0.717) is 35.9 Å². The second kappa shape index (κ2) is 32.1. The molecule has 0 radical (unpaired) electrons. The van der Waals surface area contributed by atoms with Gasteiger partial charge in [0.1, 0.15) is 46.2 Å². The van der Waals surface area contributed by atoms with Crippen molar-refractivity contribution in [2.75, 3.05) is 12.4 Å². The Morgan fingerprint density at radius 3 is 1.72 bits per heavy atom. The van der Waals surface area contributed by atoms with Gasteiger partial charge in [-0.1, -0.05) is 83.3 Å². The van der Waals surface area contributed by atoms with Crippen molar-refractivity contribution in [2.24, 2.45) is 10.2 Å². The number of aryl methyl sites for hydroxylation is 1. The number of anilines is 1. The number of hydrogen-bond donors (Lipinski definition) is 1. The van der Waals surface area contributed by atoms with E-state index in [1.807, 2.05) is 30.3 Å². The number of carbonyl (C=O) groups excluding carboxylic acids is 7. The van der Waals surface area contributed by atoms with Crippen LogP contribution in [-0.2, 0) is 33.6 Å². The number of amides is 1. The first kappa shape index (κ1) is 69.7. The molecular formula is C67H74N6O15Si. The Bertz CT molecular complexity index is 3750. The maximum atomic E-state index is 12.8. The largest absolute Gasteiger partial charge is 0.542 e. The Hall–Kier alpha value is -10.1. The van der Waals surface area contributed by atoms with Crippen LogP contribution >= 0.6 is 0 Å². The zero-order valence-electron chi connectivity index (χ0n) is 52.3. The number of aromatic nitrogens is 3. The molecule has 1 amide bonds. The standard InChI is InChI=1S/C37H35N3O10.C26H31N3O2Si.C4H8O3/c1-9-30(43)46-24-12-15-25(23(18-24)20-42)31-38-32(26-13-10-21(2)16-28(26)47-34(44)49-36(3,4)5)40-33(39-31)27-14-11-22(19-41)17-29(27)48-35(45)50-37(6,7)8;1-6-32(7-2,8-3)31-24-18-13-20-11-9-10-12-23(20)25(24)29-28-22-16-14-21(15-17-22)27-26(30)19(4)5;1-3-4(5)7-6-2/h9-20H,1H2,2-8H3;9-18H,4,6-8H2,1-3,5H3,(H,27,30);3H2,1-2H3. The fraction of sp³-hybridized carbons (Fsp3) is 0.284. The molecule has 1 N–H and O–H groups in total. The first-order chi connectivity index (χ1) is 42.2. The first-order valence-corrected chi connectivity index (χ1v) is 30.9. The lowest BCUT2D eigenvalue weighted by Gasteiger charge is -2.29. The highest BCUT2D eigenvalue weighted by Crippen LogP contribution is 2.41. The Morgan fingerprint density at radius 1 is 0.640 bits per heavy atom. The van der Waals surface area contributed by atoms with Gasteiger partial charge < -0.3 is 33.4 Å². The van der Waals surface area contributed by atoms with E-state index in [1.54, 1.807) is 92.6 Å². The van der Waals surface area contributed by atoms with Crippen molar-refractivity contribution in [3.63, 3.8) is 0 Å².